The number of allylic oxidation sites excluding steroid dienone is 2. The highest BCUT2D eigenvalue weighted by atomic mass is 16.6. The zero-order valence-electron chi connectivity index (χ0n) is 18.8. The minimum Gasteiger partial charge on any atom is -0.493 e. The maximum Gasteiger partial charge on any atom is 0.415 e. The molecule has 1 saturated heterocycles. The molecule has 2 rings (SSSR count). The maximum absolute atomic E-state index is 12.4. The molecule has 0 saturated carbocycles. The minimum absolute atomic E-state index is 0.0420. The third-order valence-electron chi connectivity index (χ3n) is 5.25. The summed E-state index contributed by atoms with van der Waals surface area (Å²) in [6, 6.07) is 5.56. The standard InChI is InChI=1S/C24H36N2O4/c1-18(2)10-7-5-6-8-12-23(27)25-17-20-13-14-21(22(16-20)29-4)30-24(28)26-15-9-11-19(26)3/h7,10,13-14,16,18-19H,5-6,8-9,11-12,15,17H2,1-4H3,(H,25,27)/b10-7+. The fourth-order valence-electron chi connectivity index (χ4n) is 3.47. The van der Waals surface area contributed by atoms with Gasteiger partial charge in [-0.3, -0.25) is 4.79 Å². The number of benzene rings is 1. The van der Waals surface area contributed by atoms with Gasteiger partial charge in [-0.2, -0.15) is 0 Å². The summed E-state index contributed by atoms with van der Waals surface area (Å²) in [7, 11) is 1.54. The van der Waals surface area contributed by atoms with Gasteiger partial charge >= 0.3 is 6.09 Å². The van der Waals surface area contributed by atoms with Crippen LogP contribution in [0.4, 0.5) is 4.79 Å². The zero-order chi connectivity index (χ0) is 21.9. The van der Waals surface area contributed by atoms with Gasteiger partial charge in [-0.1, -0.05) is 32.1 Å². The molecule has 1 aromatic rings. The van der Waals surface area contributed by atoms with Gasteiger partial charge in [0.2, 0.25) is 5.91 Å². The van der Waals surface area contributed by atoms with E-state index < -0.39 is 0 Å². The van der Waals surface area contributed by atoms with Crippen LogP contribution in [0.25, 0.3) is 0 Å². The number of carbonyl (C=O) groups is 2. The first-order valence-corrected chi connectivity index (χ1v) is 11.0. The van der Waals surface area contributed by atoms with E-state index >= 15 is 0 Å². The Morgan fingerprint density at radius 3 is 2.73 bits per heavy atom. The summed E-state index contributed by atoms with van der Waals surface area (Å²) in [6.07, 6.45) is 9.47. The van der Waals surface area contributed by atoms with Crippen molar-refractivity contribution in [3.05, 3.63) is 35.9 Å². The number of hydrogen-bond acceptors (Lipinski definition) is 4. The van der Waals surface area contributed by atoms with Crippen LogP contribution in [-0.4, -0.2) is 36.6 Å². The third kappa shape index (κ3) is 7.73. The van der Waals surface area contributed by atoms with Crippen molar-refractivity contribution in [2.75, 3.05) is 13.7 Å². The van der Waals surface area contributed by atoms with Crippen molar-refractivity contribution in [3.8, 4) is 11.5 Å². The van der Waals surface area contributed by atoms with E-state index in [-0.39, 0.29) is 18.0 Å². The number of methoxy groups -OCH3 is 1. The number of nitrogens with zero attached hydrogens (tertiary/aromatic N) is 1. The van der Waals surface area contributed by atoms with Crippen molar-refractivity contribution in [2.45, 2.75) is 71.9 Å². The van der Waals surface area contributed by atoms with Crippen LogP contribution >= 0.6 is 0 Å². The van der Waals surface area contributed by atoms with E-state index in [0.717, 1.165) is 44.2 Å². The number of amides is 2. The molecule has 1 fully saturated rings. The number of nitrogens with one attached hydrogen (secondary N) is 1. The predicted octanol–water partition coefficient (Wildman–Crippen LogP) is 5.07. The summed E-state index contributed by atoms with van der Waals surface area (Å²) < 4.78 is 10.9. The van der Waals surface area contributed by atoms with Gasteiger partial charge in [0.15, 0.2) is 11.5 Å². The highest BCUT2D eigenvalue weighted by Crippen LogP contribution is 2.29. The van der Waals surface area contributed by atoms with E-state index in [0.29, 0.717) is 30.4 Å². The van der Waals surface area contributed by atoms with Crippen LogP contribution in [0.2, 0.25) is 0 Å². The van der Waals surface area contributed by atoms with Crippen LogP contribution in [0.5, 0.6) is 11.5 Å². The first-order chi connectivity index (χ1) is 14.4. The highest BCUT2D eigenvalue weighted by molar-refractivity contribution is 5.76. The third-order valence-corrected chi connectivity index (χ3v) is 5.25. The first-order valence-electron chi connectivity index (χ1n) is 11.0. The molecule has 2 amide bonds. The summed E-state index contributed by atoms with van der Waals surface area (Å²) in [5.41, 5.74) is 0.898. The van der Waals surface area contributed by atoms with Crippen LogP contribution in [0, 0.1) is 5.92 Å². The smallest absolute Gasteiger partial charge is 0.415 e. The quantitative estimate of drug-likeness (QED) is 0.427. The van der Waals surface area contributed by atoms with Gasteiger partial charge < -0.3 is 19.7 Å². The number of carbonyl (C=O) groups excluding carboxylic acids is 2. The van der Waals surface area contributed by atoms with Crippen LogP contribution in [0.3, 0.4) is 0 Å². The van der Waals surface area contributed by atoms with Gasteiger partial charge in [-0.25, -0.2) is 4.79 Å². The Morgan fingerprint density at radius 1 is 1.27 bits per heavy atom. The van der Waals surface area contributed by atoms with Crippen molar-refractivity contribution in [2.24, 2.45) is 5.92 Å². The molecule has 1 aliphatic heterocycles. The molecule has 1 aromatic carbocycles. The first kappa shape index (κ1) is 23.8. The van der Waals surface area contributed by atoms with Crippen molar-refractivity contribution in [3.63, 3.8) is 0 Å². The van der Waals surface area contributed by atoms with E-state index in [1.807, 2.05) is 13.0 Å². The Balaban J connectivity index is 1.78. The van der Waals surface area contributed by atoms with Gasteiger partial charge in [0.05, 0.1) is 7.11 Å². The molecule has 6 nitrogen and oxygen atoms in total. The largest absolute Gasteiger partial charge is 0.493 e. The molecule has 0 radical (unpaired) electrons. The number of ether oxygens (including phenoxy) is 2. The summed E-state index contributed by atoms with van der Waals surface area (Å²) in [5.74, 6) is 1.49. The molecule has 30 heavy (non-hydrogen) atoms. The maximum atomic E-state index is 12.4. The predicted molar refractivity (Wildman–Crippen MR) is 119 cm³/mol. The monoisotopic (exact) mass is 416 g/mol. The molecule has 1 aliphatic rings. The summed E-state index contributed by atoms with van der Waals surface area (Å²) in [5, 5.41) is 2.94. The second-order valence-electron chi connectivity index (χ2n) is 8.23. The number of unbranched alkanes of at least 4 members (excludes halogenated alkanes) is 2. The van der Waals surface area contributed by atoms with E-state index in [1.165, 1.54) is 0 Å². The van der Waals surface area contributed by atoms with E-state index in [2.05, 4.69) is 31.3 Å². The average Bonchev–Trinajstić information content (AvgIpc) is 3.15. The Bertz CT molecular complexity index is 730. The number of likely N-dealkylation sites (tertiary alicyclic amines) is 1. The van der Waals surface area contributed by atoms with Gasteiger partial charge in [0, 0.05) is 25.6 Å². The molecule has 1 heterocycles. The van der Waals surface area contributed by atoms with Crippen molar-refractivity contribution < 1.29 is 19.1 Å². The Labute approximate surface area is 180 Å². The van der Waals surface area contributed by atoms with Gasteiger partial charge in [-0.05, 0) is 62.6 Å². The topological polar surface area (TPSA) is 67.9 Å². The van der Waals surface area contributed by atoms with Gasteiger partial charge in [0.1, 0.15) is 0 Å². The van der Waals surface area contributed by atoms with E-state index in [1.54, 1.807) is 24.1 Å². The molecule has 1 N–H and O–H groups in total. The molecule has 166 valence electrons. The van der Waals surface area contributed by atoms with Crippen molar-refractivity contribution >= 4 is 12.0 Å². The lowest BCUT2D eigenvalue weighted by atomic mass is 10.1. The van der Waals surface area contributed by atoms with Crippen LogP contribution in [0.15, 0.2) is 30.4 Å². The molecule has 0 bridgehead atoms. The van der Waals surface area contributed by atoms with Crippen LogP contribution < -0.4 is 14.8 Å². The molecular weight excluding hydrogens is 380 g/mol. The highest BCUT2D eigenvalue weighted by Gasteiger charge is 2.27. The normalized spacial score (nSPS) is 16.3. The fourth-order valence-corrected chi connectivity index (χ4v) is 3.47. The fraction of sp³-hybridized carbons (Fsp3) is 0.583. The zero-order valence-corrected chi connectivity index (χ0v) is 18.8. The second kappa shape index (κ2) is 12.3. The summed E-state index contributed by atoms with van der Waals surface area (Å²) in [6.45, 7) is 7.48. The van der Waals surface area contributed by atoms with Crippen LogP contribution in [-0.2, 0) is 11.3 Å². The minimum atomic E-state index is -0.345. The Hall–Kier alpha value is -2.50. The van der Waals surface area contributed by atoms with Gasteiger partial charge in [0.25, 0.3) is 0 Å². The molecule has 6 heteroatoms. The molecule has 1 unspecified atom stereocenters. The molecule has 0 aromatic heterocycles. The average molecular weight is 417 g/mol. The number of hydrogen-bond donors (Lipinski definition) is 1. The second-order valence-corrected chi connectivity index (χ2v) is 8.23. The number of rotatable bonds is 10. The lowest BCUT2D eigenvalue weighted by molar-refractivity contribution is -0.121. The van der Waals surface area contributed by atoms with Crippen molar-refractivity contribution in [1.29, 1.82) is 0 Å². The lowest BCUT2D eigenvalue weighted by Crippen LogP contribution is -2.35. The van der Waals surface area contributed by atoms with Crippen LogP contribution in [0.1, 0.15) is 64.9 Å². The summed E-state index contributed by atoms with van der Waals surface area (Å²) >= 11 is 0. The van der Waals surface area contributed by atoms with E-state index in [4.69, 9.17) is 9.47 Å². The molecular formula is C24H36N2O4. The van der Waals surface area contributed by atoms with Crippen molar-refractivity contribution in [1.82, 2.24) is 10.2 Å². The lowest BCUT2D eigenvalue weighted by Gasteiger charge is -2.21. The summed E-state index contributed by atoms with van der Waals surface area (Å²) in [4.78, 5) is 26.2. The SMILES string of the molecule is COc1cc(CNC(=O)CCCC/C=C/C(C)C)ccc1OC(=O)N1CCCC1C. The van der Waals surface area contributed by atoms with Gasteiger partial charge in [-0.15, -0.1) is 0 Å². The van der Waals surface area contributed by atoms with E-state index in [9.17, 15) is 9.59 Å². The Morgan fingerprint density at radius 2 is 2.07 bits per heavy atom. The molecule has 1 atom stereocenters. The molecule has 0 spiro atoms. The Kier molecular flexibility index (Phi) is 9.71. The molecule has 0 aliphatic carbocycles.